The third-order valence-electron chi connectivity index (χ3n) is 2.19. The molecule has 2 heterocycles. The van der Waals surface area contributed by atoms with E-state index in [0.29, 0.717) is 6.54 Å². The van der Waals surface area contributed by atoms with Crippen molar-refractivity contribution in [3.63, 3.8) is 0 Å². The summed E-state index contributed by atoms with van der Waals surface area (Å²) < 4.78 is 1.96. The number of aromatic nitrogens is 3. The Labute approximate surface area is 82.4 Å². The number of hydrogen-bond donors (Lipinski definition) is 1. The van der Waals surface area contributed by atoms with E-state index in [4.69, 9.17) is 5.73 Å². The van der Waals surface area contributed by atoms with Gasteiger partial charge in [-0.3, -0.25) is 4.98 Å². The lowest BCUT2D eigenvalue weighted by Crippen LogP contribution is -2.05. The van der Waals surface area contributed by atoms with Crippen LogP contribution in [0.3, 0.4) is 0 Å². The molecule has 0 amide bonds. The van der Waals surface area contributed by atoms with E-state index in [1.54, 1.807) is 12.4 Å². The van der Waals surface area contributed by atoms with Crippen molar-refractivity contribution in [2.75, 3.05) is 0 Å². The van der Waals surface area contributed by atoms with E-state index in [1.807, 2.05) is 29.8 Å². The second-order valence-corrected chi connectivity index (χ2v) is 3.04. The number of imidazole rings is 1. The van der Waals surface area contributed by atoms with Crippen LogP contribution in [0.2, 0.25) is 0 Å². The van der Waals surface area contributed by atoms with E-state index in [0.717, 1.165) is 17.2 Å². The number of hydrogen-bond acceptors (Lipinski definition) is 3. The van der Waals surface area contributed by atoms with Crippen molar-refractivity contribution in [2.45, 2.75) is 6.54 Å². The molecule has 0 atom stereocenters. The van der Waals surface area contributed by atoms with E-state index < -0.39 is 0 Å². The lowest BCUT2D eigenvalue weighted by molar-refractivity contribution is 0.797. The first-order chi connectivity index (χ1) is 6.83. The molecule has 0 aliphatic carbocycles. The summed E-state index contributed by atoms with van der Waals surface area (Å²) >= 11 is 0. The molecule has 2 aromatic heterocycles. The first-order valence-electron chi connectivity index (χ1n) is 4.45. The smallest absolute Gasteiger partial charge is 0.122 e. The molecular formula is C10H12N4. The van der Waals surface area contributed by atoms with Crippen LogP contribution < -0.4 is 5.73 Å². The van der Waals surface area contributed by atoms with E-state index in [2.05, 4.69) is 9.97 Å². The summed E-state index contributed by atoms with van der Waals surface area (Å²) in [5.74, 6) is 0.866. The molecule has 2 rings (SSSR count). The predicted octanol–water partition coefficient (Wildman–Crippen LogP) is 0.941. The van der Waals surface area contributed by atoms with Crippen LogP contribution in [0.1, 0.15) is 5.82 Å². The Morgan fingerprint density at radius 2 is 2.21 bits per heavy atom. The van der Waals surface area contributed by atoms with Crippen LogP contribution in [-0.2, 0) is 13.6 Å². The van der Waals surface area contributed by atoms with Crippen LogP contribution in [0.5, 0.6) is 0 Å². The highest BCUT2D eigenvalue weighted by atomic mass is 15.1. The predicted molar refractivity (Wildman–Crippen MR) is 54.3 cm³/mol. The zero-order chi connectivity index (χ0) is 9.97. The van der Waals surface area contributed by atoms with Gasteiger partial charge in [0.1, 0.15) is 5.82 Å². The second-order valence-electron chi connectivity index (χ2n) is 3.04. The Kier molecular flexibility index (Phi) is 2.28. The summed E-state index contributed by atoms with van der Waals surface area (Å²) in [4.78, 5) is 8.46. The van der Waals surface area contributed by atoms with E-state index in [-0.39, 0.29) is 0 Å². The molecular weight excluding hydrogens is 176 g/mol. The van der Waals surface area contributed by atoms with Crippen LogP contribution in [0.15, 0.2) is 30.6 Å². The Morgan fingerprint density at radius 1 is 1.36 bits per heavy atom. The molecule has 4 heteroatoms. The largest absolute Gasteiger partial charge is 0.329 e. The molecule has 0 saturated heterocycles. The minimum atomic E-state index is 0.448. The first-order valence-corrected chi connectivity index (χ1v) is 4.45. The second kappa shape index (κ2) is 3.59. The van der Waals surface area contributed by atoms with E-state index in [1.165, 1.54) is 0 Å². The van der Waals surface area contributed by atoms with Crippen molar-refractivity contribution in [2.24, 2.45) is 12.8 Å². The number of rotatable bonds is 2. The molecule has 0 bridgehead atoms. The van der Waals surface area contributed by atoms with Gasteiger partial charge in [-0.2, -0.15) is 0 Å². The van der Waals surface area contributed by atoms with Gasteiger partial charge in [0.05, 0.1) is 24.1 Å². The van der Waals surface area contributed by atoms with Crippen LogP contribution in [0, 0.1) is 0 Å². The number of nitrogens with zero attached hydrogens (tertiary/aromatic N) is 3. The van der Waals surface area contributed by atoms with Gasteiger partial charge in [-0.1, -0.05) is 6.07 Å². The highest BCUT2D eigenvalue weighted by molar-refractivity contribution is 5.53. The summed E-state index contributed by atoms with van der Waals surface area (Å²) in [6.07, 6.45) is 3.56. The molecule has 0 aliphatic heterocycles. The van der Waals surface area contributed by atoms with Crippen LogP contribution in [-0.4, -0.2) is 14.5 Å². The third kappa shape index (κ3) is 1.40. The standard InChI is InChI=1S/C10H12N4/c1-14-9(7-13-10(14)6-11)8-4-2-3-5-12-8/h2-5,7H,6,11H2,1H3. The van der Waals surface area contributed by atoms with Crippen molar-refractivity contribution in [3.05, 3.63) is 36.4 Å². The van der Waals surface area contributed by atoms with Gasteiger partial charge in [0.2, 0.25) is 0 Å². The molecule has 0 aliphatic rings. The fraction of sp³-hybridized carbons (Fsp3) is 0.200. The normalized spacial score (nSPS) is 10.4. The number of pyridine rings is 1. The van der Waals surface area contributed by atoms with Crippen molar-refractivity contribution in [3.8, 4) is 11.4 Å². The summed E-state index contributed by atoms with van der Waals surface area (Å²) in [6.45, 7) is 0.448. The number of nitrogens with two attached hydrogens (primary N) is 1. The topological polar surface area (TPSA) is 56.7 Å². The van der Waals surface area contributed by atoms with Crippen molar-refractivity contribution in [1.82, 2.24) is 14.5 Å². The third-order valence-corrected chi connectivity index (χ3v) is 2.19. The van der Waals surface area contributed by atoms with Gasteiger partial charge in [-0.25, -0.2) is 4.98 Å². The van der Waals surface area contributed by atoms with Crippen molar-refractivity contribution < 1.29 is 0 Å². The van der Waals surface area contributed by atoms with Gasteiger partial charge >= 0.3 is 0 Å². The zero-order valence-electron chi connectivity index (χ0n) is 8.01. The van der Waals surface area contributed by atoms with Gasteiger partial charge in [-0.15, -0.1) is 0 Å². The Bertz CT molecular complexity index is 419. The maximum Gasteiger partial charge on any atom is 0.122 e. The van der Waals surface area contributed by atoms with Gasteiger partial charge in [0, 0.05) is 13.2 Å². The highest BCUT2D eigenvalue weighted by Gasteiger charge is 2.06. The molecule has 72 valence electrons. The minimum Gasteiger partial charge on any atom is -0.329 e. The fourth-order valence-electron chi connectivity index (χ4n) is 1.39. The summed E-state index contributed by atoms with van der Waals surface area (Å²) in [6, 6.07) is 5.80. The average molecular weight is 188 g/mol. The molecule has 0 saturated carbocycles. The van der Waals surface area contributed by atoms with E-state index >= 15 is 0 Å². The fourth-order valence-corrected chi connectivity index (χ4v) is 1.39. The van der Waals surface area contributed by atoms with Gasteiger partial charge in [0.15, 0.2) is 0 Å². The quantitative estimate of drug-likeness (QED) is 0.763. The SMILES string of the molecule is Cn1c(-c2ccccn2)cnc1CN. The van der Waals surface area contributed by atoms with Crippen LogP contribution >= 0.6 is 0 Å². The molecule has 0 aromatic carbocycles. The van der Waals surface area contributed by atoms with Crippen molar-refractivity contribution >= 4 is 0 Å². The molecule has 0 fully saturated rings. The van der Waals surface area contributed by atoms with Crippen LogP contribution in [0.25, 0.3) is 11.4 Å². The maximum absolute atomic E-state index is 5.54. The molecule has 0 radical (unpaired) electrons. The molecule has 4 nitrogen and oxygen atoms in total. The highest BCUT2D eigenvalue weighted by Crippen LogP contribution is 2.16. The van der Waals surface area contributed by atoms with E-state index in [9.17, 15) is 0 Å². The van der Waals surface area contributed by atoms with Crippen LogP contribution in [0.4, 0.5) is 0 Å². The minimum absolute atomic E-state index is 0.448. The van der Waals surface area contributed by atoms with Crippen molar-refractivity contribution in [1.29, 1.82) is 0 Å². The molecule has 0 spiro atoms. The molecule has 14 heavy (non-hydrogen) atoms. The summed E-state index contributed by atoms with van der Waals surface area (Å²) in [5.41, 5.74) is 7.45. The molecule has 0 unspecified atom stereocenters. The Morgan fingerprint density at radius 3 is 2.79 bits per heavy atom. The van der Waals surface area contributed by atoms with Gasteiger partial charge in [0.25, 0.3) is 0 Å². The zero-order valence-corrected chi connectivity index (χ0v) is 8.01. The molecule has 2 N–H and O–H groups in total. The van der Waals surface area contributed by atoms with Gasteiger partial charge in [-0.05, 0) is 12.1 Å². The maximum atomic E-state index is 5.54. The Balaban J connectivity index is 2.48. The Hall–Kier alpha value is -1.68. The lowest BCUT2D eigenvalue weighted by Gasteiger charge is -2.02. The first kappa shape index (κ1) is 8.90. The molecule has 2 aromatic rings. The lowest BCUT2D eigenvalue weighted by atomic mass is 10.3. The average Bonchev–Trinajstić information content (AvgIpc) is 2.61. The summed E-state index contributed by atoms with van der Waals surface area (Å²) in [7, 11) is 1.94. The van der Waals surface area contributed by atoms with Gasteiger partial charge < -0.3 is 10.3 Å². The monoisotopic (exact) mass is 188 g/mol. The summed E-state index contributed by atoms with van der Waals surface area (Å²) in [5, 5.41) is 0.